The van der Waals surface area contributed by atoms with Crippen molar-refractivity contribution in [3.63, 3.8) is 0 Å². The Balaban J connectivity index is 1.94. The zero-order valence-electron chi connectivity index (χ0n) is 12.2. The lowest BCUT2D eigenvalue weighted by Crippen LogP contribution is -2.39. The predicted octanol–water partition coefficient (Wildman–Crippen LogP) is 2.31. The van der Waals surface area contributed by atoms with E-state index in [4.69, 9.17) is 16.3 Å². The van der Waals surface area contributed by atoms with Crippen molar-refractivity contribution in [2.24, 2.45) is 5.92 Å². The maximum Gasteiger partial charge on any atom is 0.263 e. The summed E-state index contributed by atoms with van der Waals surface area (Å²) in [6.45, 7) is 4.08. The van der Waals surface area contributed by atoms with Crippen molar-refractivity contribution >= 4 is 17.5 Å². The standard InChI is InChI=1S/C15H20ClFN2O2/c1-10(21-14-4-3-12(17)7-13(14)16)15(20)19-6-5-11(9-19)8-18-2/h3-4,7,10-11,18H,5-6,8-9H2,1-2H3/t10-,11-/m1/s1. The van der Waals surface area contributed by atoms with Crippen LogP contribution in [0.5, 0.6) is 5.75 Å². The number of likely N-dealkylation sites (tertiary alicyclic amines) is 1. The van der Waals surface area contributed by atoms with E-state index in [0.29, 0.717) is 11.7 Å². The Morgan fingerprint density at radius 3 is 3.05 bits per heavy atom. The number of amides is 1. The third-order valence-electron chi connectivity index (χ3n) is 3.64. The monoisotopic (exact) mass is 314 g/mol. The molecule has 1 fully saturated rings. The fraction of sp³-hybridized carbons (Fsp3) is 0.533. The summed E-state index contributed by atoms with van der Waals surface area (Å²) >= 11 is 5.90. The van der Waals surface area contributed by atoms with Crippen molar-refractivity contribution < 1.29 is 13.9 Å². The van der Waals surface area contributed by atoms with Gasteiger partial charge in [-0.25, -0.2) is 4.39 Å². The van der Waals surface area contributed by atoms with Crippen LogP contribution in [0, 0.1) is 11.7 Å². The quantitative estimate of drug-likeness (QED) is 0.907. The third-order valence-corrected chi connectivity index (χ3v) is 3.93. The fourth-order valence-electron chi connectivity index (χ4n) is 2.56. The second-order valence-electron chi connectivity index (χ2n) is 5.33. The molecule has 0 aromatic heterocycles. The third kappa shape index (κ3) is 4.08. The molecule has 116 valence electrons. The van der Waals surface area contributed by atoms with Crippen molar-refractivity contribution in [3.8, 4) is 5.75 Å². The number of ether oxygens (including phenoxy) is 1. The lowest BCUT2D eigenvalue weighted by atomic mass is 10.1. The van der Waals surface area contributed by atoms with E-state index < -0.39 is 11.9 Å². The maximum absolute atomic E-state index is 13.0. The smallest absolute Gasteiger partial charge is 0.263 e. The van der Waals surface area contributed by atoms with Crippen LogP contribution in [-0.2, 0) is 4.79 Å². The Hall–Kier alpha value is -1.33. The molecule has 0 saturated carbocycles. The van der Waals surface area contributed by atoms with E-state index >= 15 is 0 Å². The number of halogens is 2. The normalized spacial score (nSPS) is 19.6. The minimum atomic E-state index is -0.638. The number of carbonyl (C=O) groups excluding carboxylic acids is 1. The Morgan fingerprint density at radius 2 is 2.38 bits per heavy atom. The van der Waals surface area contributed by atoms with Crippen LogP contribution in [0.4, 0.5) is 4.39 Å². The van der Waals surface area contributed by atoms with Crippen LogP contribution >= 0.6 is 11.6 Å². The molecule has 4 nitrogen and oxygen atoms in total. The maximum atomic E-state index is 13.0. The van der Waals surface area contributed by atoms with Crippen molar-refractivity contribution in [1.82, 2.24) is 10.2 Å². The second-order valence-corrected chi connectivity index (χ2v) is 5.74. The van der Waals surface area contributed by atoms with Gasteiger partial charge < -0.3 is 15.0 Å². The Kier molecular flexibility index (Phi) is 5.42. The summed E-state index contributed by atoms with van der Waals surface area (Å²) in [5.74, 6) is 0.320. The topological polar surface area (TPSA) is 41.6 Å². The number of nitrogens with one attached hydrogen (secondary N) is 1. The van der Waals surface area contributed by atoms with Gasteiger partial charge in [0.1, 0.15) is 11.6 Å². The minimum Gasteiger partial charge on any atom is -0.479 e. The van der Waals surface area contributed by atoms with Gasteiger partial charge in [-0.2, -0.15) is 0 Å². The zero-order valence-corrected chi connectivity index (χ0v) is 13.0. The summed E-state index contributed by atoms with van der Waals surface area (Å²) in [7, 11) is 1.91. The molecule has 1 heterocycles. The van der Waals surface area contributed by atoms with E-state index in [1.807, 2.05) is 11.9 Å². The number of rotatable bonds is 5. The fourth-order valence-corrected chi connectivity index (χ4v) is 2.77. The van der Waals surface area contributed by atoms with Crippen LogP contribution in [0.25, 0.3) is 0 Å². The molecule has 2 atom stereocenters. The number of nitrogens with zero attached hydrogens (tertiary/aromatic N) is 1. The van der Waals surface area contributed by atoms with Crippen LogP contribution in [-0.4, -0.2) is 43.6 Å². The number of hydrogen-bond acceptors (Lipinski definition) is 3. The lowest BCUT2D eigenvalue weighted by molar-refractivity contribution is -0.136. The molecule has 0 unspecified atom stereocenters. The zero-order chi connectivity index (χ0) is 15.4. The number of carbonyl (C=O) groups is 1. The molecule has 0 bridgehead atoms. The summed E-state index contributed by atoms with van der Waals surface area (Å²) in [6.07, 6.45) is 0.359. The highest BCUT2D eigenvalue weighted by molar-refractivity contribution is 6.32. The van der Waals surface area contributed by atoms with Crippen LogP contribution in [0.15, 0.2) is 18.2 Å². The summed E-state index contributed by atoms with van der Waals surface area (Å²) in [5, 5.41) is 3.30. The van der Waals surface area contributed by atoms with Gasteiger partial charge in [0, 0.05) is 13.1 Å². The number of benzene rings is 1. The molecule has 1 aliphatic heterocycles. The van der Waals surface area contributed by atoms with E-state index in [9.17, 15) is 9.18 Å². The first-order chi connectivity index (χ1) is 10.0. The summed E-state index contributed by atoms with van der Waals surface area (Å²) < 4.78 is 18.5. The van der Waals surface area contributed by atoms with Crippen LogP contribution in [0.3, 0.4) is 0 Å². The molecule has 0 aliphatic carbocycles. The van der Waals surface area contributed by atoms with E-state index in [1.165, 1.54) is 18.2 Å². The van der Waals surface area contributed by atoms with E-state index in [2.05, 4.69) is 5.32 Å². The van der Waals surface area contributed by atoms with Crippen molar-refractivity contribution in [3.05, 3.63) is 29.0 Å². The lowest BCUT2D eigenvalue weighted by Gasteiger charge is -2.22. The first kappa shape index (κ1) is 16.0. The highest BCUT2D eigenvalue weighted by Gasteiger charge is 2.29. The SMILES string of the molecule is CNC[C@H]1CCN(C(=O)[C@@H](C)Oc2ccc(F)cc2Cl)C1. The molecule has 2 rings (SSSR count). The van der Waals surface area contributed by atoms with Crippen LogP contribution in [0.2, 0.25) is 5.02 Å². The van der Waals surface area contributed by atoms with Gasteiger partial charge in [-0.1, -0.05) is 11.6 Å². The highest BCUT2D eigenvalue weighted by atomic mass is 35.5. The molecule has 1 aromatic rings. The molecular formula is C15H20ClFN2O2. The molecule has 1 N–H and O–H groups in total. The molecule has 1 aliphatic rings. The van der Waals surface area contributed by atoms with Gasteiger partial charge in [0.2, 0.25) is 0 Å². The first-order valence-electron chi connectivity index (χ1n) is 7.06. The molecule has 6 heteroatoms. The Labute approximate surface area is 129 Å². The molecule has 1 aromatic carbocycles. The molecule has 1 amide bonds. The molecular weight excluding hydrogens is 295 g/mol. The molecule has 0 spiro atoms. The highest BCUT2D eigenvalue weighted by Crippen LogP contribution is 2.26. The van der Waals surface area contributed by atoms with Gasteiger partial charge in [0.05, 0.1) is 5.02 Å². The largest absolute Gasteiger partial charge is 0.479 e. The molecule has 1 saturated heterocycles. The van der Waals surface area contributed by atoms with Crippen molar-refractivity contribution in [2.75, 3.05) is 26.7 Å². The van der Waals surface area contributed by atoms with Crippen LogP contribution in [0.1, 0.15) is 13.3 Å². The van der Waals surface area contributed by atoms with Crippen molar-refractivity contribution in [2.45, 2.75) is 19.4 Å². The molecule has 0 radical (unpaired) electrons. The first-order valence-corrected chi connectivity index (χ1v) is 7.44. The average Bonchev–Trinajstić information content (AvgIpc) is 2.90. The van der Waals surface area contributed by atoms with Crippen molar-refractivity contribution in [1.29, 1.82) is 0 Å². The van der Waals surface area contributed by atoms with Gasteiger partial charge in [-0.15, -0.1) is 0 Å². The van der Waals surface area contributed by atoms with Gasteiger partial charge in [0.15, 0.2) is 6.10 Å². The van der Waals surface area contributed by atoms with Gasteiger partial charge in [-0.05, 0) is 51.1 Å². The number of hydrogen-bond donors (Lipinski definition) is 1. The molecule has 21 heavy (non-hydrogen) atoms. The van der Waals surface area contributed by atoms with Crippen LogP contribution < -0.4 is 10.1 Å². The van der Waals surface area contributed by atoms with Gasteiger partial charge in [0.25, 0.3) is 5.91 Å². The summed E-state index contributed by atoms with van der Waals surface area (Å²) in [6, 6.07) is 3.87. The minimum absolute atomic E-state index is 0.0611. The Bertz CT molecular complexity index is 512. The average molecular weight is 315 g/mol. The van der Waals surface area contributed by atoms with Gasteiger partial charge >= 0.3 is 0 Å². The van der Waals surface area contributed by atoms with E-state index in [0.717, 1.165) is 26.1 Å². The summed E-state index contributed by atoms with van der Waals surface area (Å²) in [4.78, 5) is 14.2. The van der Waals surface area contributed by atoms with E-state index in [1.54, 1.807) is 6.92 Å². The summed E-state index contributed by atoms with van der Waals surface area (Å²) in [5.41, 5.74) is 0. The van der Waals surface area contributed by atoms with E-state index in [-0.39, 0.29) is 10.9 Å². The predicted molar refractivity (Wildman–Crippen MR) is 80.1 cm³/mol. The Morgan fingerprint density at radius 1 is 1.62 bits per heavy atom. The second kappa shape index (κ2) is 7.09. The van der Waals surface area contributed by atoms with Gasteiger partial charge in [-0.3, -0.25) is 4.79 Å².